The van der Waals surface area contributed by atoms with Crippen molar-refractivity contribution < 1.29 is 5.11 Å². The Morgan fingerprint density at radius 3 is 2.94 bits per heavy atom. The summed E-state index contributed by atoms with van der Waals surface area (Å²) >= 11 is 6.00. The summed E-state index contributed by atoms with van der Waals surface area (Å²) in [6.07, 6.45) is 3.47. The summed E-state index contributed by atoms with van der Waals surface area (Å²) in [5.41, 5.74) is 0. The minimum Gasteiger partial charge on any atom is -0.396 e. The second-order valence-electron chi connectivity index (χ2n) is 5.01. The fraction of sp³-hybridized carbons (Fsp3) is 0.692. The van der Waals surface area contributed by atoms with Crippen LogP contribution < -0.4 is 4.90 Å². The Morgan fingerprint density at radius 1 is 1.50 bits per heavy atom. The van der Waals surface area contributed by atoms with Gasteiger partial charge in [0.05, 0.1) is 0 Å². The van der Waals surface area contributed by atoms with Crippen molar-refractivity contribution in [1.82, 2.24) is 9.97 Å². The molecule has 2 atom stereocenters. The van der Waals surface area contributed by atoms with E-state index in [2.05, 4.69) is 21.8 Å². The first-order valence-corrected chi connectivity index (χ1v) is 6.88. The molecule has 5 heteroatoms. The maximum absolute atomic E-state index is 9.38. The molecule has 0 radical (unpaired) electrons. The lowest BCUT2D eigenvalue weighted by molar-refractivity contribution is 0.200. The van der Waals surface area contributed by atoms with Gasteiger partial charge in [0.15, 0.2) is 0 Å². The van der Waals surface area contributed by atoms with Crippen LogP contribution in [0.2, 0.25) is 5.15 Å². The molecule has 0 spiro atoms. The molecule has 0 aliphatic carbocycles. The molecule has 1 N–H and O–H groups in total. The van der Waals surface area contributed by atoms with Crippen LogP contribution in [-0.4, -0.2) is 34.3 Å². The smallest absolute Gasteiger partial charge is 0.134 e. The third kappa shape index (κ3) is 2.93. The second kappa shape index (κ2) is 5.85. The van der Waals surface area contributed by atoms with Crippen LogP contribution >= 0.6 is 11.6 Å². The summed E-state index contributed by atoms with van der Waals surface area (Å²) in [4.78, 5) is 10.8. The molecule has 2 unspecified atom stereocenters. The van der Waals surface area contributed by atoms with Gasteiger partial charge in [-0.2, -0.15) is 0 Å². The SMILES string of the molecule is Cc1nc(Cl)cc(N2CCCCC2C(C)CO)n1. The lowest BCUT2D eigenvalue weighted by atomic mass is 9.92. The Hall–Kier alpha value is -0.870. The number of aromatic nitrogens is 2. The van der Waals surface area contributed by atoms with Gasteiger partial charge in [0.25, 0.3) is 0 Å². The lowest BCUT2D eigenvalue weighted by Gasteiger charge is -2.39. The summed E-state index contributed by atoms with van der Waals surface area (Å²) in [7, 11) is 0. The summed E-state index contributed by atoms with van der Waals surface area (Å²) in [5, 5.41) is 9.86. The standard InChI is InChI=1S/C13H20ClN3O/c1-9(8-18)11-5-3-4-6-17(11)13-7-12(14)15-10(2)16-13/h7,9,11,18H,3-6,8H2,1-2H3. The molecule has 0 aromatic carbocycles. The summed E-state index contributed by atoms with van der Waals surface area (Å²) in [5.74, 6) is 1.83. The third-order valence-corrected chi connectivity index (χ3v) is 3.78. The molecule has 100 valence electrons. The number of rotatable bonds is 3. The first-order valence-electron chi connectivity index (χ1n) is 6.50. The molecular formula is C13H20ClN3O. The first kappa shape index (κ1) is 13.6. The number of hydrogen-bond acceptors (Lipinski definition) is 4. The van der Waals surface area contributed by atoms with Gasteiger partial charge in [-0.25, -0.2) is 9.97 Å². The fourth-order valence-electron chi connectivity index (χ4n) is 2.62. The molecule has 1 aromatic rings. The molecule has 2 rings (SSSR count). The zero-order valence-corrected chi connectivity index (χ0v) is 11.7. The number of nitrogens with zero attached hydrogens (tertiary/aromatic N) is 3. The molecule has 1 fully saturated rings. The number of aliphatic hydroxyl groups excluding tert-OH is 1. The molecular weight excluding hydrogens is 250 g/mol. The quantitative estimate of drug-likeness (QED) is 0.857. The number of aryl methyl sites for hydroxylation is 1. The van der Waals surface area contributed by atoms with Crippen molar-refractivity contribution >= 4 is 17.4 Å². The van der Waals surface area contributed by atoms with E-state index in [9.17, 15) is 5.11 Å². The van der Waals surface area contributed by atoms with Crippen molar-refractivity contribution in [1.29, 1.82) is 0 Å². The van der Waals surface area contributed by atoms with E-state index >= 15 is 0 Å². The van der Waals surface area contributed by atoms with Crippen molar-refractivity contribution in [3.63, 3.8) is 0 Å². The highest BCUT2D eigenvalue weighted by Crippen LogP contribution is 2.28. The highest BCUT2D eigenvalue weighted by Gasteiger charge is 2.28. The number of aliphatic hydroxyl groups is 1. The van der Waals surface area contributed by atoms with Crippen LogP contribution in [0.25, 0.3) is 0 Å². The maximum atomic E-state index is 9.38. The van der Waals surface area contributed by atoms with E-state index in [1.54, 1.807) is 0 Å². The molecule has 1 aliphatic heterocycles. The minimum absolute atomic E-state index is 0.207. The van der Waals surface area contributed by atoms with Gasteiger partial charge < -0.3 is 10.0 Å². The predicted octanol–water partition coefficient (Wildman–Crippen LogP) is 2.43. The lowest BCUT2D eigenvalue weighted by Crippen LogP contribution is -2.45. The molecule has 0 bridgehead atoms. The molecule has 1 aliphatic rings. The Kier molecular flexibility index (Phi) is 4.40. The Bertz CT molecular complexity index is 393. The van der Waals surface area contributed by atoms with Crippen LogP contribution in [-0.2, 0) is 0 Å². The minimum atomic E-state index is 0.207. The number of hydrogen-bond donors (Lipinski definition) is 1. The Morgan fingerprint density at radius 2 is 2.28 bits per heavy atom. The van der Waals surface area contributed by atoms with E-state index in [1.807, 2.05) is 13.0 Å². The van der Waals surface area contributed by atoms with Crippen molar-refractivity contribution in [3.8, 4) is 0 Å². The Balaban J connectivity index is 2.27. The van der Waals surface area contributed by atoms with E-state index < -0.39 is 0 Å². The average Bonchev–Trinajstić information content (AvgIpc) is 2.36. The average molecular weight is 270 g/mol. The van der Waals surface area contributed by atoms with Crippen LogP contribution in [0.15, 0.2) is 6.07 Å². The van der Waals surface area contributed by atoms with E-state index in [4.69, 9.17) is 11.6 Å². The van der Waals surface area contributed by atoms with Crippen LogP contribution in [0.5, 0.6) is 0 Å². The molecule has 1 aromatic heterocycles. The summed E-state index contributed by atoms with van der Waals surface area (Å²) in [6.45, 7) is 5.11. The fourth-order valence-corrected chi connectivity index (χ4v) is 2.84. The van der Waals surface area contributed by atoms with Gasteiger partial charge in [-0.15, -0.1) is 0 Å². The van der Waals surface area contributed by atoms with Crippen molar-refractivity contribution in [2.75, 3.05) is 18.1 Å². The second-order valence-corrected chi connectivity index (χ2v) is 5.40. The molecule has 0 saturated carbocycles. The number of halogens is 1. The van der Waals surface area contributed by atoms with E-state index in [0.717, 1.165) is 25.2 Å². The van der Waals surface area contributed by atoms with Gasteiger partial charge in [-0.1, -0.05) is 18.5 Å². The molecule has 18 heavy (non-hydrogen) atoms. The number of anilines is 1. The van der Waals surface area contributed by atoms with Crippen molar-refractivity contribution in [2.45, 2.75) is 39.2 Å². The van der Waals surface area contributed by atoms with Gasteiger partial charge in [0, 0.05) is 25.3 Å². The summed E-state index contributed by atoms with van der Waals surface area (Å²) in [6, 6.07) is 2.16. The third-order valence-electron chi connectivity index (χ3n) is 3.58. The molecule has 2 heterocycles. The maximum Gasteiger partial charge on any atom is 0.134 e. The van der Waals surface area contributed by atoms with Gasteiger partial charge in [-0.05, 0) is 32.1 Å². The van der Waals surface area contributed by atoms with Crippen LogP contribution in [0, 0.1) is 12.8 Å². The highest BCUT2D eigenvalue weighted by atomic mass is 35.5. The van der Waals surface area contributed by atoms with Crippen LogP contribution in [0.3, 0.4) is 0 Å². The zero-order chi connectivity index (χ0) is 13.1. The topological polar surface area (TPSA) is 49.2 Å². The van der Waals surface area contributed by atoms with Crippen molar-refractivity contribution in [2.24, 2.45) is 5.92 Å². The van der Waals surface area contributed by atoms with E-state index in [-0.39, 0.29) is 12.5 Å². The summed E-state index contributed by atoms with van der Waals surface area (Å²) < 4.78 is 0. The predicted molar refractivity (Wildman–Crippen MR) is 73.0 cm³/mol. The van der Waals surface area contributed by atoms with E-state index in [1.165, 1.54) is 6.42 Å². The monoisotopic (exact) mass is 269 g/mol. The van der Waals surface area contributed by atoms with E-state index in [0.29, 0.717) is 17.0 Å². The molecule has 1 saturated heterocycles. The van der Waals surface area contributed by atoms with Crippen LogP contribution in [0.4, 0.5) is 5.82 Å². The van der Waals surface area contributed by atoms with Crippen LogP contribution in [0.1, 0.15) is 32.0 Å². The van der Waals surface area contributed by atoms with Gasteiger partial charge in [0.1, 0.15) is 16.8 Å². The highest BCUT2D eigenvalue weighted by molar-refractivity contribution is 6.29. The zero-order valence-electron chi connectivity index (χ0n) is 10.9. The first-order chi connectivity index (χ1) is 8.61. The van der Waals surface area contributed by atoms with Gasteiger partial charge >= 0.3 is 0 Å². The molecule has 4 nitrogen and oxygen atoms in total. The normalized spacial score (nSPS) is 22.0. The molecule has 0 amide bonds. The van der Waals surface area contributed by atoms with Gasteiger partial charge in [0.2, 0.25) is 0 Å². The number of piperidine rings is 1. The largest absolute Gasteiger partial charge is 0.396 e. The van der Waals surface area contributed by atoms with Crippen molar-refractivity contribution in [3.05, 3.63) is 17.0 Å². The van der Waals surface area contributed by atoms with Gasteiger partial charge in [-0.3, -0.25) is 0 Å². The Labute approximate surface area is 113 Å².